The lowest BCUT2D eigenvalue weighted by Gasteiger charge is -2.19. The topological polar surface area (TPSA) is 15.3 Å². The molecule has 0 spiro atoms. The molecule has 1 heterocycles. The van der Waals surface area contributed by atoms with Crippen molar-refractivity contribution in [3.63, 3.8) is 0 Å². The van der Waals surface area contributed by atoms with Gasteiger partial charge in [0, 0.05) is 13.1 Å². The lowest BCUT2D eigenvalue weighted by atomic mass is 9.93. The average molecular weight is 246 g/mol. The minimum absolute atomic E-state index is 0.507. The van der Waals surface area contributed by atoms with Crippen LogP contribution in [-0.4, -0.2) is 31.6 Å². The number of likely N-dealkylation sites (N-methyl/N-ethyl adjacent to an activating group) is 1. The molecule has 1 aliphatic rings. The summed E-state index contributed by atoms with van der Waals surface area (Å²) in [5.41, 5.74) is 3.38. The third kappa shape index (κ3) is 3.82. The molecule has 0 aliphatic carbocycles. The zero-order valence-electron chi connectivity index (χ0n) is 12.0. The van der Waals surface area contributed by atoms with Gasteiger partial charge in [-0.3, -0.25) is 4.90 Å². The Morgan fingerprint density at radius 3 is 2.39 bits per heavy atom. The largest absolute Gasteiger partial charge is 0.319 e. The summed E-state index contributed by atoms with van der Waals surface area (Å²) in [7, 11) is 2.00. The predicted octanol–water partition coefficient (Wildman–Crippen LogP) is 2.68. The zero-order chi connectivity index (χ0) is 13.0. The second kappa shape index (κ2) is 5.85. The Balaban J connectivity index is 1.87. The van der Waals surface area contributed by atoms with Gasteiger partial charge in [0.25, 0.3) is 0 Å². The van der Waals surface area contributed by atoms with Gasteiger partial charge in [-0.15, -0.1) is 0 Å². The molecular formula is C16H26N2. The van der Waals surface area contributed by atoms with E-state index in [-0.39, 0.29) is 0 Å². The van der Waals surface area contributed by atoms with E-state index in [0.29, 0.717) is 5.41 Å². The van der Waals surface area contributed by atoms with E-state index in [0.717, 1.165) is 19.5 Å². The first-order valence-electron chi connectivity index (χ1n) is 7.04. The third-order valence-corrected chi connectivity index (χ3v) is 3.85. The lowest BCUT2D eigenvalue weighted by Crippen LogP contribution is -2.22. The summed E-state index contributed by atoms with van der Waals surface area (Å²) in [6.45, 7) is 9.38. The Labute approximate surface area is 111 Å². The van der Waals surface area contributed by atoms with Crippen LogP contribution < -0.4 is 5.32 Å². The molecule has 2 heteroatoms. The van der Waals surface area contributed by atoms with E-state index in [9.17, 15) is 0 Å². The van der Waals surface area contributed by atoms with Crippen molar-refractivity contribution in [1.82, 2.24) is 10.2 Å². The molecule has 2 rings (SSSR count). The van der Waals surface area contributed by atoms with Crippen LogP contribution in [0.1, 0.15) is 31.4 Å². The SMILES string of the molecule is CNCCc1ccc(CN2CCC(C)(C)C2)cc1. The molecule has 0 bridgehead atoms. The van der Waals surface area contributed by atoms with E-state index < -0.39 is 0 Å². The van der Waals surface area contributed by atoms with Crippen LogP contribution in [-0.2, 0) is 13.0 Å². The van der Waals surface area contributed by atoms with Gasteiger partial charge < -0.3 is 5.32 Å². The molecule has 1 aliphatic heterocycles. The van der Waals surface area contributed by atoms with Crippen molar-refractivity contribution in [1.29, 1.82) is 0 Å². The Morgan fingerprint density at radius 2 is 1.83 bits per heavy atom. The summed E-state index contributed by atoms with van der Waals surface area (Å²) in [6.07, 6.45) is 2.45. The maximum absolute atomic E-state index is 3.19. The van der Waals surface area contributed by atoms with Crippen molar-refractivity contribution in [2.45, 2.75) is 33.2 Å². The molecule has 0 atom stereocenters. The first kappa shape index (κ1) is 13.6. The Bertz CT molecular complexity index is 367. The summed E-state index contributed by atoms with van der Waals surface area (Å²) < 4.78 is 0. The normalized spacial score (nSPS) is 19.3. The molecule has 0 aromatic heterocycles. The number of nitrogens with one attached hydrogen (secondary N) is 1. The van der Waals surface area contributed by atoms with Crippen molar-refractivity contribution < 1.29 is 0 Å². The van der Waals surface area contributed by atoms with Crippen molar-refractivity contribution in [3.05, 3.63) is 35.4 Å². The van der Waals surface area contributed by atoms with Crippen LogP contribution in [0.25, 0.3) is 0 Å². The third-order valence-electron chi connectivity index (χ3n) is 3.85. The number of benzene rings is 1. The molecule has 2 nitrogen and oxygen atoms in total. The summed E-state index contributed by atoms with van der Waals surface area (Å²) in [5, 5.41) is 3.19. The monoisotopic (exact) mass is 246 g/mol. The van der Waals surface area contributed by atoms with Gasteiger partial charge in [-0.05, 0) is 49.5 Å². The van der Waals surface area contributed by atoms with Crippen molar-refractivity contribution in [3.8, 4) is 0 Å². The zero-order valence-corrected chi connectivity index (χ0v) is 12.0. The number of nitrogens with zero attached hydrogens (tertiary/aromatic N) is 1. The van der Waals surface area contributed by atoms with Gasteiger partial charge in [0.05, 0.1) is 0 Å². The summed E-state index contributed by atoms with van der Waals surface area (Å²) in [6, 6.07) is 9.12. The minimum Gasteiger partial charge on any atom is -0.319 e. The van der Waals surface area contributed by atoms with Crippen LogP contribution in [0.15, 0.2) is 24.3 Å². The Morgan fingerprint density at radius 1 is 1.17 bits per heavy atom. The fraction of sp³-hybridized carbons (Fsp3) is 0.625. The fourth-order valence-electron chi connectivity index (χ4n) is 2.70. The fourth-order valence-corrected chi connectivity index (χ4v) is 2.70. The molecule has 100 valence electrons. The van der Waals surface area contributed by atoms with Gasteiger partial charge in [0.1, 0.15) is 0 Å². The molecule has 0 unspecified atom stereocenters. The van der Waals surface area contributed by atoms with Crippen molar-refractivity contribution in [2.24, 2.45) is 5.41 Å². The standard InChI is InChI=1S/C16H26N2/c1-16(2)9-11-18(13-16)12-15-6-4-14(5-7-15)8-10-17-3/h4-7,17H,8-13H2,1-3H3. The maximum Gasteiger partial charge on any atom is 0.0233 e. The van der Waals surface area contributed by atoms with E-state index in [2.05, 4.69) is 48.3 Å². The number of hydrogen-bond acceptors (Lipinski definition) is 2. The molecule has 0 saturated carbocycles. The molecule has 1 aromatic carbocycles. The number of likely N-dealkylation sites (tertiary alicyclic amines) is 1. The first-order valence-corrected chi connectivity index (χ1v) is 7.04. The predicted molar refractivity (Wildman–Crippen MR) is 77.7 cm³/mol. The van der Waals surface area contributed by atoms with Gasteiger partial charge in [0.2, 0.25) is 0 Å². The first-order chi connectivity index (χ1) is 8.59. The van der Waals surface area contributed by atoms with Gasteiger partial charge >= 0.3 is 0 Å². The summed E-state index contributed by atoms with van der Waals surface area (Å²) >= 11 is 0. The highest BCUT2D eigenvalue weighted by atomic mass is 15.1. The van der Waals surface area contributed by atoms with Crippen LogP contribution in [0, 0.1) is 5.41 Å². The highest BCUT2D eigenvalue weighted by Gasteiger charge is 2.28. The maximum atomic E-state index is 3.19. The Hall–Kier alpha value is -0.860. The molecule has 1 fully saturated rings. The van der Waals surface area contributed by atoms with Crippen LogP contribution in [0.5, 0.6) is 0 Å². The lowest BCUT2D eigenvalue weighted by molar-refractivity contribution is 0.284. The molecule has 0 radical (unpaired) electrons. The highest BCUT2D eigenvalue weighted by Crippen LogP contribution is 2.29. The van der Waals surface area contributed by atoms with Gasteiger partial charge in [-0.1, -0.05) is 38.1 Å². The number of hydrogen-bond donors (Lipinski definition) is 1. The molecule has 1 N–H and O–H groups in total. The van der Waals surface area contributed by atoms with E-state index in [4.69, 9.17) is 0 Å². The second-order valence-electron chi connectivity index (χ2n) is 6.29. The van der Waals surface area contributed by atoms with Gasteiger partial charge in [-0.25, -0.2) is 0 Å². The van der Waals surface area contributed by atoms with Gasteiger partial charge in [-0.2, -0.15) is 0 Å². The molecule has 0 amide bonds. The molecule has 1 saturated heterocycles. The van der Waals surface area contributed by atoms with E-state index in [1.54, 1.807) is 0 Å². The van der Waals surface area contributed by atoms with Crippen LogP contribution >= 0.6 is 0 Å². The van der Waals surface area contributed by atoms with E-state index >= 15 is 0 Å². The molecule has 18 heavy (non-hydrogen) atoms. The van der Waals surface area contributed by atoms with Crippen molar-refractivity contribution in [2.75, 3.05) is 26.7 Å². The Kier molecular flexibility index (Phi) is 4.41. The quantitative estimate of drug-likeness (QED) is 0.859. The highest BCUT2D eigenvalue weighted by molar-refractivity contribution is 5.23. The van der Waals surface area contributed by atoms with E-state index in [1.165, 1.54) is 30.6 Å². The van der Waals surface area contributed by atoms with Gasteiger partial charge in [0.15, 0.2) is 0 Å². The number of rotatable bonds is 5. The van der Waals surface area contributed by atoms with E-state index in [1.807, 2.05) is 7.05 Å². The van der Waals surface area contributed by atoms with Crippen LogP contribution in [0.3, 0.4) is 0 Å². The molecular weight excluding hydrogens is 220 g/mol. The molecule has 1 aromatic rings. The summed E-state index contributed by atoms with van der Waals surface area (Å²) in [4.78, 5) is 2.57. The second-order valence-corrected chi connectivity index (χ2v) is 6.29. The van der Waals surface area contributed by atoms with Crippen LogP contribution in [0.4, 0.5) is 0 Å². The van der Waals surface area contributed by atoms with Crippen LogP contribution in [0.2, 0.25) is 0 Å². The average Bonchev–Trinajstić information content (AvgIpc) is 2.68. The minimum atomic E-state index is 0.507. The van der Waals surface area contributed by atoms with Crippen molar-refractivity contribution >= 4 is 0 Å². The smallest absolute Gasteiger partial charge is 0.0233 e. The summed E-state index contributed by atoms with van der Waals surface area (Å²) in [5.74, 6) is 0.